The number of rotatable bonds is 7. The normalized spacial score (nSPS) is 17.0. The largest absolute Gasteiger partial charge is 0.456 e. The average molecular weight is 469 g/mol. The summed E-state index contributed by atoms with van der Waals surface area (Å²) in [7, 11) is 1.22. The van der Waals surface area contributed by atoms with E-state index in [0.717, 1.165) is 4.47 Å². The minimum atomic E-state index is -0.819. The van der Waals surface area contributed by atoms with Crippen LogP contribution >= 0.6 is 15.9 Å². The molecule has 2 amide bonds. The summed E-state index contributed by atoms with van der Waals surface area (Å²) in [6.07, 6.45) is 0.366. The van der Waals surface area contributed by atoms with Crippen LogP contribution in [0.3, 0.4) is 0 Å². The molecule has 2 atom stereocenters. The fourth-order valence-electron chi connectivity index (χ4n) is 3.11. The Hall–Kier alpha value is -2.42. The second kappa shape index (κ2) is 10.4. The highest BCUT2D eigenvalue weighted by Gasteiger charge is 2.39. The number of likely N-dealkylation sites (tertiary alicyclic amines) is 1. The third-order valence-electron chi connectivity index (χ3n) is 4.71. The van der Waals surface area contributed by atoms with Crippen molar-refractivity contribution in [2.45, 2.75) is 38.8 Å². The third-order valence-corrected chi connectivity index (χ3v) is 5.24. The number of halogens is 1. The molecule has 0 spiro atoms. The van der Waals surface area contributed by atoms with Gasteiger partial charge in [0.1, 0.15) is 12.1 Å². The quantitative estimate of drug-likeness (QED) is 0.487. The Bertz CT molecular complexity index is 765. The molecule has 0 bridgehead atoms. The molecule has 1 aromatic carbocycles. The fraction of sp³-hybridized carbons (Fsp3) is 0.500. The van der Waals surface area contributed by atoms with Crippen LogP contribution in [0.15, 0.2) is 28.7 Å². The van der Waals surface area contributed by atoms with Crippen molar-refractivity contribution in [3.05, 3.63) is 34.3 Å². The first-order valence-corrected chi connectivity index (χ1v) is 10.1. The molecule has 1 saturated heterocycles. The number of carbonyl (C=O) groups is 4. The first-order chi connectivity index (χ1) is 13.7. The maximum atomic E-state index is 12.9. The molecule has 0 saturated carbocycles. The lowest BCUT2D eigenvalue weighted by molar-refractivity contribution is -0.153. The summed E-state index contributed by atoms with van der Waals surface area (Å²) in [5.74, 6) is -1.52. The zero-order valence-electron chi connectivity index (χ0n) is 16.6. The number of ketones is 1. The van der Waals surface area contributed by atoms with Crippen molar-refractivity contribution >= 4 is 39.7 Å². The topological polar surface area (TPSA) is 102 Å². The van der Waals surface area contributed by atoms with Crippen LogP contribution in [0.4, 0.5) is 4.79 Å². The van der Waals surface area contributed by atoms with Crippen molar-refractivity contribution < 1.29 is 28.7 Å². The standard InChI is InChI=1S/C20H25BrN2O6/c1-12(2)17(22-20(27)28-3)18(25)23-10-4-5-15(23)19(26)29-11-16(24)13-6-8-14(21)9-7-13/h6-9,12,15,17H,4-5,10-11H2,1-3H3,(H,22,27)/t15-,17-/m0/s1. The van der Waals surface area contributed by atoms with Gasteiger partial charge in [0.15, 0.2) is 12.4 Å². The molecule has 1 aliphatic heterocycles. The molecule has 29 heavy (non-hydrogen) atoms. The van der Waals surface area contributed by atoms with E-state index in [2.05, 4.69) is 26.0 Å². The molecule has 8 nitrogen and oxygen atoms in total. The number of ether oxygens (including phenoxy) is 2. The van der Waals surface area contributed by atoms with E-state index < -0.39 is 30.8 Å². The Labute approximate surface area is 178 Å². The van der Waals surface area contributed by atoms with Crippen LogP contribution in [0.1, 0.15) is 37.0 Å². The summed E-state index contributed by atoms with van der Waals surface area (Å²) < 4.78 is 10.6. The Morgan fingerprint density at radius 2 is 1.86 bits per heavy atom. The number of Topliss-reactive ketones (excluding diaryl/α,β-unsaturated/α-hetero) is 1. The summed E-state index contributed by atoms with van der Waals surface area (Å²) >= 11 is 3.29. The van der Waals surface area contributed by atoms with Gasteiger partial charge in [0.25, 0.3) is 0 Å². The van der Waals surface area contributed by atoms with Gasteiger partial charge in [-0.05, 0) is 30.9 Å². The Kier molecular flexibility index (Phi) is 8.19. The monoisotopic (exact) mass is 468 g/mol. The molecular weight excluding hydrogens is 444 g/mol. The van der Waals surface area contributed by atoms with E-state index in [1.54, 1.807) is 38.1 Å². The van der Waals surface area contributed by atoms with Gasteiger partial charge < -0.3 is 19.7 Å². The lowest BCUT2D eigenvalue weighted by Gasteiger charge is -2.29. The van der Waals surface area contributed by atoms with Crippen molar-refractivity contribution in [2.24, 2.45) is 5.92 Å². The molecule has 1 heterocycles. The zero-order chi connectivity index (χ0) is 21.6. The molecular formula is C20H25BrN2O6. The number of methoxy groups -OCH3 is 1. The highest BCUT2D eigenvalue weighted by molar-refractivity contribution is 9.10. The van der Waals surface area contributed by atoms with E-state index in [1.165, 1.54) is 12.0 Å². The number of carbonyl (C=O) groups excluding carboxylic acids is 4. The van der Waals surface area contributed by atoms with E-state index in [4.69, 9.17) is 4.74 Å². The van der Waals surface area contributed by atoms with Crippen molar-refractivity contribution in [2.75, 3.05) is 20.3 Å². The van der Waals surface area contributed by atoms with E-state index in [1.807, 2.05) is 0 Å². The van der Waals surface area contributed by atoms with Gasteiger partial charge in [-0.25, -0.2) is 9.59 Å². The summed E-state index contributed by atoms with van der Waals surface area (Å²) in [6.45, 7) is 3.57. The molecule has 9 heteroatoms. The summed E-state index contributed by atoms with van der Waals surface area (Å²) in [5, 5.41) is 2.52. The van der Waals surface area contributed by atoms with Crippen LogP contribution in [-0.2, 0) is 19.1 Å². The van der Waals surface area contributed by atoms with Crippen LogP contribution in [0.2, 0.25) is 0 Å². The molecule has 1 N–H and O–H groups in total. The number of alkyl carbamates (subject to hydrolysis) is 1. The van der Waals surface area contributed by atoms with E-state index in [0.29, 0.717) is 24.9 Å². The lowest BCUT2D eigenvalue weighted by atomic mass is 10.0. The molecule has 0 aromatic heterocycles. The van der Waals surface area contributed by atoms with Crippen LogP contribution in [0.25, 0.3) is 0 Å². The molecule has 1 aliphatic rings. The smallest absolute Gasteiger partial charge is 0.407 e. The third kappa shape index (κ3) is 6.03. The van der Waals surface area contributed by atoms with Crippen molar-refractivity contribution in [1.82, 2.24) is 10.2 Å². The van der Waals surface area contributed by atoms with Gasteiger partial charge in [-0.15, -0.1) is 0 Å². The highest BCUT2D eigenvalue weighted by atomic mass is 79.9. The Balaban J connectivity index is 2.00. The molecule has 1 aromatic rings. The fourth-order valence-corrected chi connectivity index (χ4v) is 3.37. The van der Waals surface area contributed by atoms with Crippen molar-refractivity contribution in [1.29, 1.82) is 0 Å². The van der Waals surface area contributed by atoms with Crippen molar-refractivity contribution in [3.63, 3.8) is 0 Å². The number of nitrogens with zero attached hydrogens (tertiary/aromatic N) is 1. The molecule has 2 rings (SSSR count). The Morgan fingerprint density at radius 3 is 2.45 bits per heavy atom. The summed E-state index contributed by atoms with van der Waals surface area (Å²) in [6, 6.07) is 5.13. The van der Waals surface area contributed by atoms with E-state index in [9.17, 15) is 19.2 Å². The first kappa shape index (κ1) is 22.9. The Morgan fingerprint density at radius 1 is 1.21 bits per heavy atom. The number of hydrogen-bond donors (Lipinski definition) is 1. The van der Waals surface area contributed by atoms with Crippen LogP contribution < -0.4 is 5.32 Å². The lowest BCUT2D eigenvalue weighted by Crippen LogP contribution is -2.54. The van der Waals surface area contributed by atoms with Gasteiger partial charge in [0.05, 0.1) is 7.11 Å². The number of hydrogen-bond acceptors (Lipinski definition) is 6. The van der Waals surface area contributed by atoms with Crippen LogP contribution in [0, 0.1) is 5.92 Å². The summed E-state index contributed by atoms with van der Waals surface area (Å²) in [4.78, 5) is 50.6. The second-order valence-electron chi connectivity index (χ2n) is 7.09. The van der Waals surface area contributed by atoms with Gasteiger partial charge in [-0.3, -0.25) is 9.59 Å². The molecule has 0 aliphatic carbocycles. The maximum absolute atomic E-state index is 12.9. The molecule has 158 valence electrons. The number of amides is 2. The summed E-state index contributed by atoms with van der Waals surface area (Å²) in [5.41, 5.74) is 0.433. The highest BCUT2D eigenvalue weighted by Crippen LogP contribution is 2.21. The average Bonchev–Trinajstić information content (AvgIpc) is 3.19. The van der Waals surface area contributed by atoms with Gasteiger partial charge in [0.2, 0.25) is 5.91 Å². The van der Waals surface area contributed by atoms with Crippen molar-refractivity contribution in [3.8, 4) is 0 Å². The minimum Gasteiger partial charge on any atom is -0.456 e. The molecule has 1 fully saturated rings. The minimum absolute atomic E-state index is 0.196. The maximum Gasteiger partial charge on any atom is 0.407 e. The van der Waals surface area contributed by atoms with Gasteiger partial charge in [-0.2, -0.15) is 0 Å². The second-order valence-corrected chi connectivity index (χ2v) is 8.00. The predicted octanol–water partition coefficient (Wildman–Crippen LogP) is 2.55. The predicted molar refractivity (Wildman–Crippen MR) is 108 cm³/mol. The zero-order valence-corrected chi connectivity index (χ0v) is 18.2. The van der Waals surface area contributed by atoms with Crippen LogP contribution in [0.5, 0.6) is 0 Å². The van der Waals surface area contributed by atoms with Crippen LogP contribution in [-0.4, -0.2) is 61.0 Å². The first-order valence-electron chi connectivity index (χ1n) is 9.35. The number of benzene rings is 1. The SMILES string of the molecule is COC(=O)N[C@H](C(=O)N1CCC[C@H]1C(=O)OCC(=O)c1ccc(Br)cc1)C(C)C. The molecule has 0 unspecified atom stereocenters. The van der Waals surface area contributed by atoms with Gasteiger partial charge in [-0.1, -0.05) is 41.9 Å². The number of nitrogens with one attached hydrogen (secondary N) is 1. The molecule has 0 radical (unpaired) electrons. The van der Waals surface area contributed by atoms with Gasteiger partial charge >= 0.3 is 12.1 Å². The van der Waals surface area contributed by atoms with Gasteiger partial charge in [0, 0.05) is 16.6 Å². The number of esters is 1. The van der Waals surface area contributed by atoms with E-state index >= 15 is 0 Å². The van der Waals surface area contributed by atoms with E-state index in [-0.39, 0.29) is 17.6 Å².